The second kappa shape index (κ2) is 9.79. The van der Waals surface area contributed by atoms with E-state index in [0.717, 1.165) is 0 Å². The lowest BCUT2D eigenvalue weighted by Crippen LogP contribution is -2.36. The van der Waals surface area contributed by atoms with Gasteiger partial charge in [-0.25, -0.2) is 13.1 Å². The summed E-state index contributed by atoms with van der Waals surface area (Å²) in [6.45, 7) is -0.0239. The molecule has 8 nitrogen and oxygen atoms in total. The molecule has 146 valence electrons. The van der Waals surface area contributed by atoms with Gasteiger partial charge in [0.05, 0.1) is 19.1 Å². The fourth-order valence-electron chi connectivity index (χ4n) is 2.16. The molecule has 0 unspecified atom stereocenters. The van der Waals surface area contributed by atoms with Crippen molar-refractivity contribution in [1.82, 2.24) is 10.0 Å². The van der Waals surface area contributed by atoms with E-state index in [1.807, 2.05) is 0 Å². The molecule has 1 amide bonds. The summed E-state index contributed by atoms with van der Waals surface area (Å²) in [6, 6.07) is 13.0. The van der Waals surface area contributed by atoms with Crippen molar-refractivity contribution in [3.05, 3.63) is 48.5 Å². The van der Waals surface area contributed by atoms with Crippen LogP contribution >= 0.6 is 0 Å². The minimum Gasteiger partial charge on any atom is -0.497 e. The quantitative estimate of drug-likeness (QED) is 0.587. The molecule has 2 aromatic carbocycles. The van der Waals surface area contributed by atoms with Crippen LogP contribution in [0.1, 0.15) is 0 Å². The van der Waals surface area contributed by atoms with Gasteiger partial charge in [-0.2, -0.15) is 0 Å². The van der Waals surface area contributed by atoms with Gasteiger partial charge in [0.2, 0.25) is 10.0 Å². The van der Waals surface area contributed by atoms with E-state index in [-0.39, 0.29) is 30.5 Å². The third kappa shape index (κ3) is 6.15. The van der Waals surface area contributed by atoms with E-state index in [1.54, 1.807) is 36.4 Å². The minimum absolute atomic E-state index is 0.0504. The molecule has 0 radical (unpaired) electrons. The summed E-state index contributed by atoms with van der Waals surface area (Å²) >= 11 is 0. The molecule has 0 fully saturated rings. The Morgan fingerprint density at radius 2 is 1.59 bits per heavy atom. The molecule has 0 heterocycles. The molecule has 0 saturated heterocycles. The number of carbonyl (C=O) groups is 1. The Bertz CT molecular complexity index is 852. The summed E-state index contributed by atoms with van der Waals surface area (Å²) in [7, 11) is -0.639. The molecule has 2 aromatic rings. The zero-order valence-electron chi connectivity index (χ0n) is 15.1. The molecule has 0 aliphatic heterocycles. The number of amides is 1. The maximum Gasteiger partial charge on any atom is 0.257 e. The third-order valence-corrected chi connectivity index (χ3v) is 5.01. The fourth-order valence-corrected chi connectivity index (χ4v) is 3.19. The number of sulfonamides is 1. The Kier molecular flexibility index (Phi) is 7.44. The van der Waals surface area contributed by atoms with Crippen molar-refractivity contribution >= 4 is 15.9 Å². The fraction of sp³-hybridized carbons (Fsp3) is 0.278. The number of benzene rings is 2. The second-order valence-corrected chi connectivity index (χ2v) is 7.13. The van der Waals surface area contributed by atoms with Crippen molar-refractivity contribution in [1.29, 1.82) is 0 Å². The maximum atomic E-state index is 12.2. The van der Waals surface area contributed by atoms with Crippen LogP contribution < -0.4 is 24.2 Å². The van der Waals surface area contributed by atoms with Crippen molar-refractivity contribution in [3.63, 3.8) is 0 Å². The molecule has 0 atom stereocenters. The first-order valence-corrected chi connectivity index (χ1v) is 9.61. The summed E-state index contributed by atoms with van der Waals surface area (Å²) in [5.41, 5.74) is 0. The number of carbonyl (C=O) groups excluding carboxylic acids is 1. The summed E-state index contributed by atoms with van der Waals surface area (Å²) in [6.07, 6.45) is 0. The monoisotopic (exact) mass is 394 g/mol. The molecule has 2 N–H and O–H groups in total. The van der Waals surface area contributed by atoms with Crippen LogP contribution in [-0.4, -0.2) is 48.2 Å². The SMILES string of the molecule is COc1ccc(S(=O)(=O)NCCNC(=O)COc2ccccc2OC)cc1. The van der Waals surface area contributed by atoms with Crippen LogP contribution in [0.4, 0.5) is 0 Å². The average Bonchev–Trinajstić information content (AvgIpc) is 2.70. The Morgan fingerprint density at radius 3 is 2.22 bits per heavy atom. The predicted molar refractivity (Wildman–Crippen MR) is 99.7 cm³/mol. The Labute approximate surface area is 158 Å². The van der Waals surface area contributed by atoms with Crippen molar-refractivity contribution in [3.8, 4) is 17.2 Å². The first-order valence-electron chi connectivity index (χ1n) is 8.12. The smallest absolute Gasteiger partial charge is 0.257 e. The molecule has 9 heteroatoms. The molecule has 0 saturated carbocycles. The molecule has 0 spiro atoms. The van der Waals surface area contributed by atoms with Gasteiger partial charge in [-0.05, 0) is 36.4 Å². The van der Waals surface area contributed by atoms with Crippen molar-refractivity contribution < 1.29 is 27.4 Å². The van der Waals surface area contributed by atoms with Gasteiger partial charge < -0.3 is 19.5 Å². The Morgan fingerprint density at radius 1 is 0.926 bits per heavy atom. The first kappa shape index (κ1) is 20.5. The Hall–Kier alpha value is -2.78. The van der Waals surface area contributed by atoms with Gasteiger partial charge in [0.25, 0.3) is 5.91 Å². The van der Waals surface area contributed by atoms with Crippen molar-refractivity contribution in [2.24, 2.45) is 0 Å². The highest BCUT2D eigenvalue weighted by atomic mass is 32.2. The van der Waals surface area contributed by atoms with Crippen LogP contribution in [0, 0.1) is 0 Å². The molecular formula is C18H22N2O6S. The summed E-state index contributed by atoms with van der Waals surface area (Å²) in [5.74, 6) is 1.17. The number of hydrogen-bond donors (Lipinski definition) is 2. The summed E-state index contributed by atoms with van der Waals surface area (Å²) in [5, 5.41) is 2.58. The number of methoxy groups -OCH3 is 2. The second-order valence-electron chi connectivity index (χ2n) is 5.36. The number of ether oxygens (including phenoxy) is 3. The highest BCUT2D eigenvalue weighted by Gasteiger charge is 2.13. The standard InChI is InChI=1S/C18H22N2O6S/c1-24-14-7-9-15(10-8-14)27(22,23)20-12-11-19-18(21)13-26-17-6-4-3-5-16(17)25-2/h3-10,20H,11-13H2,1-2H3,(H,19,21). The molecule has 27 heavy (non-hydrogen) atoms. The zero-order valence-corrected chi connectivity index (χ0v) is 15.9. The lowest BCUT2D eigenvalue weighted by molar-refractivity contribution is -0.123. The summed E-state index contributed by atoms with van der Waals surface area (Å²) in [4.78, 5) is 11.9. The van der Waals surface area contributed by atoms with Crippen LogP contribution in [0.25, 0.3) is 0 Å². The van der Waals surface area contributed by atoms with E-state index >= 15 is 0 Å². The normalized spacial score (nSPS) is 10.9. The van der Waals surface area contributed by atoms with E-state index in [4.69, 9.17) is 14.2 Å². The van der Waals surface area contributed by atoms with E-state index in [0.29, 0.717) is 17.2 Å². The zero-order chi connectivity index (χ0) is 19.7. The molecule has 0 aromatic heterocycles. The highest BCUT2D eigenvalue weighted by molar-refractivity contribution is 7.89. The van der Waals surface area contributed by atoms with Gasteiger partial charge in [-0.1, -0.05) is 12.1 Å². The molecule has 0 bridgehead atoms. The van der Waals surface area contributed by atoms with Crippen LogP contribution in [0.2, 0.25) is 0 Å². The highest BCUT2D eigenvalue weighted by Crippen LogP contribution is 2.25. The van der Waals surface area contributed by atoms with Crippen molar-refractivity contribution in [2.45, 2.75) is 4.90 Å². The van der Waals surface area contributed by atoms with E-state index in [9.17, 15) is 13.2 Å². The summed E-state index contributed by atoms with van der Waals surface area (Å²) < 4.78 is 42.2. The van der Waals surface area contributed by atoms with Gasteiger partial charge in [0, 0.05) is 13.1 Å². The van der Waals surface area contributed by atoms with Crippen LogP contribution in [0.3, 0.4) is 0 Å². The molecular weight excluding hydrogens is 372 g/mol. The molecule has 2 rings (SSSR count). The van der Waals surface area contributed by atoms with Gasteiger partial charge >= 0.3 is 0 Å². The Balaban J connectivity index is 1.74. The topological polar surface area (TPSA) is 103 Å². The van der Waals surface area contributed by atoms with Crippen LogP contribution in [0.5, 0.6) is 17.2 Å². The molecule has 0 aliphatic rings. The maximum absolute atomic E-state index is 12.2. The number of rotatable bonds is 10. The van der Waals surface area contributed by atoms with E-state index in [1.165, 1.54) is 26.4 Å². The largest absolute Gasteiger partial charge is 0.497 e. The third-order valence-electron chi connectivity index (χ3n) is 3.54. The lowest BCUT2D eigenvalue weighted by atomic mass is 10.3. The number of para-hydroxylation sites is 2. The van der Waals surface area contributed by atoms with Gasteiger partial charge in [0.15, 0.2) is 18.1 Å². The van der Waals surface area contributed by atoms with E-state index < -0.39 is 10.0 Å². The van der Waals surface area contributed by atoms with Crippen LogP contribution in [-0.2, 0) is 14.8 Å². The predicted octanol–water partition coefficient (Wildman–Crippen LogP) is 1.18. The minimum atomic E-state index is -3.65. The van der Waals surface area contributed by atoms with Crippen LogP contribution in [0.15, 0.2) is 53.4 Å². The van der Waals surface area contributed by atoms with Crippen molar-refractivity contribution in [2.75, 3.05) is 33.9 Å². The first-order chi connectivity index (χ1) is 13.0. The van der Waals surface area contributed by atoms with Gasteiger partial charge in [-0.15, -0.1) is 0 Å². The molecule has 0 aliphatic carbocycles. The van der Waals surface area contributed by atoms with E-state index in [2.05, 4.69) is 10.0 Å². The van der Waals surface area contributed by atoms with Gasteiger partial charge in [-0.3, -0.25) is 4.79 Å². The number of hydrogen-bond acceptors (Lipinski definition) is 6. The lowest BCUT2D eigenvalue weighted by Gasteiger charge is -2.11. The average molecular weight is 394 g/mol. The van der Waals surface area contributed by atoms with Gasteiger partial charge in [0.1, 0.15) is 5.75 Å². The number of nitrogens with one attached hydrogen (secondary N) is 2.